The van der Waals surface area contributed by atoms with E-state index in [1.54, 1.807) is 6.07 Å². The number of aromatic hydroxyl groups is 1. The number of Topliss-reactive ketones (excluding diaryl/α,β-unsaturated/α-hetero) is 1. The van der Waals surface area contributed by atoms with E-state index in [1.165, 1.54) is 54.7 Å². The van der Waals surface area contributed by atoms with Crippen molar-refractivity contribution in [3.63, 3.8) is 0 Å². The van der Waals surface area contributed by atoms with Gasteiger partial charge in [0, 0.05) is 25.5 Å². The van der Waals surface area contributed by atoms with Crippen LogP contribution in [0.5, 0.6) is 11.5 Å². The summed E-state index contributed by atoms with van der Waals surface area (Å²) < 4.78 is 6.11. The van der Waals surface area contributed by atoms with Gasteiger partial charge in [-0.3, -0.25) is 14.7 Å². The lowest BCUT2D eigenvalue weighted by molar-refractivity contribution is -0.866. The summed E-state index contributed by atoms with van der Waals surface area (Å²) in [6.07, 6.45) is 17.8. The Balaban J connectivity index is 1.19. The van der Waals surface area contributed by atoms with Crippen LogP contribution in [-0.2, 0) is 11.2 Å². The summed E-state index contributed by atoms with van der Waals surface area (Å²) in [6.45, 7) is 5.70. The Morgan fingerprint density at radius 3 is 2.74 bits per heavy atom. The van der Waals surface area contributed by atoms with E-state index in [-0.39, 0.29) is 18.0 Å². The number of phenolic OH excluding ortho intramolecular Hbond substituents is 1. The van der Waals surface area contributed by atoms with Crippen LogP contribution in [0.1, 0.15) is 103 Å². The fourth-order valence-electron chi connectivity index (χ4n) is 6.20. The standard InChI is InChI=1S/C33H48N2O4/c1-24(2)12-16-31-29-18-19-34-30(29)22-35(31)23-39-33-20-26(14-17-32(33)38)13-15-28(37)21-27(36)11-7-6-10-25-8-4-3-5-9-25/h14,17-20,24-25,27,36,38H,3-13,15-16,21-23H2,1-2H3/p+1/t27-/m1/s1. The molecule has 6 nitrogen and oxygen atoms in total. The van der Waals surface area contributed by atoms with Gasteiger partial charge in [0.25, 0.3) is 0 Å². The van der Waals surface area contributed by atoms with Gasteiger partial charge in [0.05, 0.1) is 11.7 Å². The third kappa shape index (κ3) is 9.04. The number of quaternary nitrogens is 1. The van der Waals surface area contributed by atoms with E-state index in [1.807, 2.05) is 18.3 Å². The highest BCUT2D eigenvalue weighted by atomic mass is 16.5. The number of aryl methyl sites for hydroxylation is 1. The molecule has 0 bridgehead atoms. The number of ketones is 1. The zero-order chi connectivity index (χ0) is 27.6. The predicted octanol–water partition coefficient (Wildman–Crippen LogP) is 5.68. The lowest BCUT2D eigenvalue weighted by Gasteiger charge is -2.21. The second kappa shape index (κ2) is 14.8. The Bertz CT molecular complexity index is 1050. The lowest BCUT2D eigenvalue weighted by atomic mass is 9.85. The average molecular weight is 538 g/mol. The molecular formula is C33H49N2O4+. The molecule has 0 radical (unpaired) electrons. The molecule has 2 heterocycles. The fourth-order valence-corrected chi connectivity index (χ4v) is 6.20. The van der Waals surface area contributed by atoms with E-state index in [0.717, 1.165) is 49.4 Å². The van der Waals surface area contributed by atoms with Gasteiger partial charge in [0.1, 0.15) is 23.7 Å². The number of aliphatic imine (C=N–C) groups is 1. The highest BCUT2D eigenvalue weighted by Crippen LogP contribution is 2.29. The number of nitrogens with one attached hydrogen (secondary N) is 1. The van der Waals surface area contributed by atoms with Crippen molar-refractivity contribution in [2.75, 3.05) is 13.3 Å². The zero-order valence-corrected chi connectivity index (χ0v) is 24.1. The summed E-state index contributed by atoms with van der Waals surface area (Å²) in [4.78, 5) is 18.3. The van der Waals surface area contributed by atoms with Crippen molar-refractivity contribution in [3.8, 4) is 11.5 Å². The number of carbonyl (C=O) groups is 1. The molecule has 0 aromatic heterocycles. The first kappa shape index (κ1) is 29.5. The first-order valence-corrected chi connectivity index (χ1v) is 15.3. The second-order valence-electron chi connectivity index (χ2n) is 12.3. The van der Waals surface area contributed by atoms with Gasteiger partial charge in [0.15, 0.2) is 11.5 Å². The average Bonchev–Trinajstić information content (AvgIpc) is 3.50. The molecule has 1 aromatic rings. The van der Waals surface area contributed by atoms with Gasteiger partial charge in [-0.15, -0.1) is 0 Å². The molecule has 1 aliphatic carbocycles. The van der Waals surface area contributed by atoms with Gasteiger partial charge in [0.2, 0.25) is 6.73 Å². The number of fused-ring (bicyclic) bond motifs is 1. The van der Waals surface area contributed by atoms with Crippen LogP contribution in [-0.4, -0.2) is 41.1 Å². The largest absolute Gasteiger partial charge is 0.504 e. The third-order valence-corrected chi connectivity index (χ3v) is 8.59. The smallest absolute Gasteiger partial charge is 0.227 e. The normalized spacial score (nSPS) is 20.0. The van der Waals surface area contributed by atoms with E-state index < -0.39 is 6.10 Å². The van der Waals surface area contributed by atoms with Crippen LogP contribution in [0.25, 0.3) is 0 Å². The molecular weight excluding hydrogens is 488 g/mol. The molecule has 3 aliphatic rings. The number of rotatable bonds is 16. The Kier molecular flexibility index (Phi) is 11.2. The van der Waals surface area contributed by atoms with Crippen LogP contribution < -0.4 is 9.64 Å². The maximum Gasteiger partial charge on any atom is 0.227 e. The number of allylic oxidation sites excluding steroid dienone is 2. The van der Waals surface area contributed by atoms with E-state index in [4.69, 9.17) is 4.74 Å². The maximum atomic E-state index is 12.5. The number of hydrogen-bond donors (Lipinski definition) is 3. The number of phenols is 1. The van der Waals surface area contributed by atoms with Gasteiger partial charge in [-0.05, 0) is 54.9 Å². The zero-order valence-electron chi connectivity index (χ0n) is 24.1. The molecule has 1 unspecified atom stereocenters. The van der Waals surface area contributed by atoms with Crippen LogP contribution in [0.3, 0.4) is 0 Å². The predicted molar refractivity (Wildman–Crippen MR) is 156 cm³/mol. The summed E-state index contributed by atoms with van der Waals surface area (Å²) in [5.41, 5.74) is 4.66. The van der Waals surface area contributed by atoms with E-state index in [0.29, 0.717) is 37.7 Å². The summed E-state index contributed by atoms with van der Waals surface area (Å²) in [5.74, 6) is 2.16. The molecule has 1 saturated carbocycles. The lowest BCUT2D eigenvalue weighted by Crippen LogP contribution is -3.10. The number of nitrogens with zero attached hydrogens (tertiary/aromatic N) is 1. The molecule has 214 valence electrons. The van der Waals surface area contributed by atoms with Gasteiger partial charge in [-0.2, -0.15) is 0 Å². The SMILES string of the molecule is CC(C)CCC1=C2C=CN=C2C[NH+]1COc1cc(CCC(=O)C[C@H](O)CCCCC2CCCCC2)ccc1O. The van der Waals surface area contributed by atoms with E-state index in [9.17, 15) is 15.0 Å². The van der Waals surface area contributed by atoms with Gasteiger partial charge < -0.3 is 14.9 Å². The molecule has 39 heavy (non-hydrogen) atoms. The first-order valence-electron chi connectivity index (χ1n) is 15.3. The third-order valence-electron chi connectivity index (χ3n) is 8.59. The highest BCUT2D eigenvalue weighted by molar-refractivity contribution is 6.07. The van der Waals surface area contributed by atoms with Crippen LogP contribution in [0.2, 0.25) is 0 Å². The Morgan fingerprint density at radius 1 is 1.13 bits per heavy atom. The summed E-state index contributed by atoms with van der Waals surface area (Å²) in [5, 5.41) is 20.8. The molecule has 1 fully saturated rings. The van der Waals surface area contributed by atoms with Crippen LogP contribution in [0, 0.1) is 11.8 Å². The number of unbranched alkanes of at least 4 members (excludes halogenated alkanes) is 1. The number of ether oxygens (including phenoxy) is 1. The van der Waals surface area contributed by atoms with Crippen molar-refractivity contribution < 1.29 is 24.6 Å². The molecule has 2 atom stereocenters. The molecule has 0 spiro atoms. The van der Waals surface area contributed by atoms with E-state index >= 15 is 0 Å². The molecule has 2 aliphatic heterocycles. The Morgan fingerprint density at radius 2 is 1.95 bits per heavy atom. The molecule has 4 rings (SSSR count). The second-order valence-corrected chi connectivity index (χ2v) is 12.3. The van der Waals surface area contributed by atoms with Crippen LogP contribution in [0.4, 0.5) is 0 Å². The topological polar surface area (TPSA) is 83.6 Å². The minimum Gasteiger partial charge on any atom is -0.504 e. The van der Waals surface area contributed by atoms with E-state index in [2.05, 4.69) is 24.9 Å². The summed E-state index contributed by atoms with van der Waals surface area (Å²) in [6, 6.07) is 5.34. The minimum absolute atomic E-state index is 0.0913. The quantitative estimate of drug-likeness (QED) is 0.237. The van der Waals surface area contributed by atoms with Crippen molar-refractivity contribution in [2.24, 2.45) is 16.8 Å². The maximum absolute atomic E-state index is 12.5. The Labute approximate surface area is 234 Å². The van der Waals surface area contributed by atoms with Crippen LogP contribution in [0.15, 0.2) is 46.7 Å². The monoisotopic (exact) mass is 537 g/mol. The molecule has 3 N–H and O–H groups in total. The van der Waals surface area contributed by atoms with Crippen molar-refractivity contribution in [1.29, 1.82) is 0 Å². The van der Waals surface area contributed by atoms with Crippen molar-refractivity contribution in [2.45, 2.75) is 110 Å². The van der Waals surface area contributed by atoms with Gasteiger partial charge in [-0.25, -0.2) is 0 Å². The number of carbonyl (C=O) groups excluding carboxylic acids is 1. The first-order chi connectivity index (χ1) is 18.9. The molecule has 1 aromatic carbocycles. The van der Waals surface area contributed by atoms with Crippen LogP contribution >= 0.6 is 0 Å². The van der Waals surface area contributed by atoms with Crippen molar-refractivity contribution in [3.05, 3.63) is 47.3 Å². The van der Waals surface area contributed by atoms with Crippen molar-refractivity contribution in [1.82, 2.24) is 0 Å². The molecule has 0 amide bonds. The summed E-state index contributed by atoms with van der Waals surface area (Å²) >= 11 is 0. The number of hydrogen-bond acceptors (Lipinski definition) is 5. The fraction of sp³-hybridized carbons (Fsp3) is 0.636. The number of benzene rings is 1. The molecule has 0 saturated heterocycles. The number of aliphatic hydroxyl groups excluding tert-OH is 1. The Hall–Kier alpha value is -2.44. The highest BCUT2D eigenvalue weighted by Gasteiger charge is 2.33. The van der Waals surface area contributed by atoms with Gasteiger partial charge >= 0.3 is 0 Å². The number of aliphatic hydroxyl groups is 1. The minimum atomic E-state index is -0.538. The van der Waals surface area contributed by atoms with Crippen molar-refractivity contribution >= 4 is 11.5 Å². The summed E-state index contributed by atoms with van der Waals surface area (Å²) in [7, 11) is 0. The van der Waals surface area contributed by atoms with Gasteiger partial charge in [-0.1, -0.05) is 71.3 Å². The molecule has 6 heteroatoms.